The molecule has 1 heterocycles. The summed E-state index contributed by atoms with van der Waals surface area (Å²) < 4.78 is 24.3. The lowest BCUT2D eigenvalue weighted by atomic mass is 10.1. The minimum Gasteiger partial charge on any atom is -0.493 e. The maximum absolute atomic E-state index is 13.3. The van der Waals surface area contributed by atoms with Gasteiger partial charge >= 0.3 is 0 Å². The Morgan fingerprint density at radius 2 is 1.68 bits per heavy atom. The Hall–Kier alpha value is -4.26. The molecule has 4 aromatic rings. The molecule has 1 aromatic heterocycles. The number of anilines is 1. The summed E-state index contributed by atoms with van der Waals surface area (Å²) >= 11 is 0. The van der Waals surface area contributed by atoms with Crippen LogP contribution in [0.15, 0.2) is 84.9 Å². The summed E-state index contributed by atoms with van der Waals surface area (Å²) in [6, 6.07) is 23.3. The van der Waals surface area contributed by atoms with Crippen molar-refractivity contribution in [3.63, 3.8) is 0 Å². The van der Waals surface area contributed by atoms with Gasteiger partial charge in [-0.3, -0.25) is 4.79 Å². The van der Waals surface area contributed by atoms with Crippen LogP contribution >= 0.6 is 0 Å². The van der Waals surface area contributed by atoms with Crippen LogP contribution in [0.25, 0.3) is 11.3 Å². The molecule has 0 saturated carbocycles. The van der Waals surface area contributed by atoms with E-state index < -0.39 is 5.82 Å². The highest BCUT2D eigenvalue weighted by molar-refractivity contribution is 6.04. The molecule has 0 saturated heterocycles. The minimum atomic E-state index is -0.419. The number of para-hydroxylation sites is 2. The summed E-state index contributed by atoms with van der Waals surface area (Å²) in [5.41, 5.74) is 2.09. The van der Waals surface area contributed by atoms with Gasteiger partial charge in [-0.05, 0) is 48.5 Å². The molecule has 3 aromatic carbocycles. The Balaban J connectivity index is 1.50. The van der Waals surface area contributed by atoms with E-state index in [9.17, 15) is 9.18 Å². The van der Waals surface area contributed by atoms with E-state index in [1.54, 1.807) is 55.6 Å². The molecule has 31 heavy (non-hydrogen) atoms. The second-order valence-corrected chi connectivity index (χ2v) is 6.56. The van der Waals surface area contributed by atoms with Crippen LogP contribution in [0.2, 0.25) is 0 Å². The third kappa shape index (κ3) is 4.84. The second kappa shape index (κ2) is 9.04. The monoisotopic (exact) mass is 415 g/mol. The van der Waals surface area contributed by atoms with Crippen molar-refractivity contribution in [3.05, 3.63) is 96.3 Å². The highest BCUT2D eigenvalue weighted by Gasteiger charge is 2.10. The Morgan fingerprint density at radius 3 is 2.42 bits per heavy atom. The van der Waals surface area contributed by atoms with E-state index >= 15 is 0 Å². The number of aromatic nitrogens is 2. The first kappa shape index (κ1) is 20.0. The first-order valence-electron chi connectivity index (χ1n) is 9.44. The molecule has 0 radical (unpaired) electrons. The van der Waals surface area contributed by atoms with Crippen LogP contribution in [0.1, 0.15) is 10.4 Å². The third-order valence-electron chi connectivity index (χ3n) is 4.43. The summed E-state index contributed by atoms with van der Waals surface area (Å²) in [5, 5.41) is 11.0. The first-order chi connectivity index (χ1) is 15.1. The molecule has 0 atom stereocenters. The predicted octanol–water partition coefficient (Wildman–Crippen LogP) is 5.34. The van der Waals surface area contributed by atoms with Crippen molar-refractivity contribution in [1.82, 2.24) is 10.2 Å². The van der Waals surface area contributed by atoms with E-state index in [-0.39, 0.29) is 5.91 Å². The molecule has 0 aliphatic rings. The quantitative estimate of drug-likeness (QED) is 0.460. The van der Waals surface area contributed by atoms with E-state index in [1.165, 1.54) is 18.2 Å². The molecular weight excluding hydrogens is 397 g/mol. The standard InChI is InChI=1S/C24H18FN3O3/c1-30-21-10-2-3-11-22(21)31-23-13-12-20(27-28-23)16-6-4-7-17(14-16)24(29)26-19-9-5-8-18(25)15-19/h2-15H,1H3,(H,26,29). The van der Waals surface area contributed by atoms with Gasteiger partial charge < -0.3 is 14.8 Å². The molecule has 4 rings (SSSR count). The molecule has 0 aliphatic heterocycles. The zero-order valence-electron chi connectivity index (χ0n) is 16.6. The maximum Gasteiger partial charge on any atom is 0.255 e. The van der Waals surface area contributed by atoms with Gasteiger partial charge in [0.1, 0.15) is 5.82 Å². The van der Waals surface area contributed by atoms with E-state index in [0.29, 0.717) is 39.9 Å². The van der Waals surface area contributed by atoms with Crippen molar-refractivity contribution in [2.45, 2.75) is 0 Å². The number of ether oxygens (including phenoxy) is 2. The van der Waals surface area contributed by atoms with Crippen LogP contribution in [0.4, 0.5) is 10.1 Å². The highest BCUT2D eigenvalue weighted by atomic mass is 19.1. The molecule has 0 fully saturated rings. The van der Waals surface area contributed by atoms with Gasteiger partial charge in [-0.2, -0.15) is 0 Å². The van der Waals surface area contributed by atoms with Gasteiger partial charge in [-0.15, -0.1) is 10.2 Å². The fourth-order valence-corrected chi connectivity index (χ4v) is 2.93. The number of hydrogen-bond acceptors (Lipinski definition) is 5. The third-order valence-corrected chi connectivity index (χ3v) is 4.43. The van der Waals surface area contributed by atoms with Gasteiger partial charge in [-0.25, -0.2) is 4.39 Å². The van der Waals surface area contributed by atoms with Gasteiger partial charge in [0.05, 0.1) is 12.8 Å². The van der Waals surface area contributed by atoms with Gasteiger partial charge in [-0.1, -0.05) is 30.3 Å². The van der Waals surface area contributed by atoms with Crippen LogP contribution in [-0.2, 0) is 0 Å². The topological polar surface area (TPSA) is 73.3 Å². The lowest BCUT2D eigenvalue weighted by Gasteiger charge is -2.09. The molecular formula is C24H18FN3O3. The SMILES string of the molecule is COc1ccccc1Oc1ccc(-c2cccc(C(=O)Nc3cccc(F)c3)c2)nn1. The van der Waals surface area contributed by atoms with Crippen molar-refractivity contribution in [1.29, 1.82) is 0 Å². The van der Waals surface area contributed by atoms with E-state index in [4.69, 9.17) is 9.47 Å². The van der Waals surface area contributed by atoms with Crippen molar-refractivity contribution >= 4 is 11.6 Å². The van der Waals surface area contributed by atoms with E-state index in [2.05, 4.69) is 15.5 Å². The zero-order valence-corrected chi connectivity index (χ0v) is 16.6. The lowest BCUT2D eigenvalue weighted by Crippen LogP contribution is -2.12. The van der Waals surface area contributed by atoms with E-state index in [0.717, 1.165) is 0 Å². The fraction of sp³-hybridized carbons (Fsp3) is 0.0417. The molecule has 6 nitrogen and oxygen atoms in total. The Morgan fingerprint density at radius 1 is 0.871 bits per heavy atom. The maximum atomic E-state index is 13.3. The summed E-state index contributed by atoms with van der Waals surface area (Å²) in [5.74, 6) is 0.662. The van der Waals surface area contributed by atoms with Crippen LogP contribution in [0.3, 0.4) is 0 Å². The Kier molecular flexibility index (Phi) is 5.84. The Bertz CT molecular complexity index is 1210. The summed E-state index contributed by atoms with van der Waals surface area (Å²) in [7, 11) is 1.56. The lowest BCUT2D eigenvalue weighted by molar-refractivity contribution is 0.102. The summed E-state index contributed by atoms with van der Waals surface area (Å²) in [6.45, 7) is 0. The number of amides is 1. The number of hydrogen-bond donors (Lipinski definition) is 1. The zero-order chi connectivity index (χ0) is 21.6. The van der Waals surface area contributed by atoms with Crippen molar-refractivity contribution in [2.24, 2.45) is 0 Å². The number of benzene rings is 3. The molecule has 0 spiro atoms. The van der Waals surface area contributed by atoms with Gasteiger partial charge in [0.15, 0.2) is 11.5 Å². The van der Waals surface area contributed by atoms with E-state index in [1.807, 2.05) is 18.2 Å². The molecule has 0 bridgehead atoms. The molecule has 7 heteroatoms. The fourth-order valence-electron chi connectivity index (χ4n) is 2.93. The average Bonchev–Trinajstić information content (AvgIpc) is 2.80. The van der Waals surface area contributed by atoms with Crippen LogP contribution in [0, 0.1) is 5.82 Å². The normalized spacial score (nSPS) is 10.4. The smallest absolute Gasteiger partial charge is 0.255 e. The van der Waals surface area contributed by atoms with Crippen LogP contribution in [-0.4, -0.2) is 23.2 Å². The minimum absolute atomic E-state index is 0.313. The number of rotatable bonds is 6. The Labute approximate surface area is 178 Å². The van der Waals surface area contributed by atoms with Crippen LogP contribution in [0.5, 0.6) is 17.4 Å². The first-order valence-corrected chi connectivity index (χ1v) is 9.44. The summed E-state index contributed by atoms with van der Waals surface area (Å²) in [6.07, 6.45) is 0. The number of carbonyl (C=O) groups excluding carboxylic acids is 1. The van der Waals surface area contributed by atoms with Gasteiger partial charge in [0, 0.05) is 22.9 Å². The number of methoxy groups -OCH3 is 1. The number of carbonyl (C=O) groups is 1. The van der Waals surface area contributed by atoms with Crippen molar-refractivity contribution in [3.8, 4) is 28.6 Å². The second-order valence-electron chi connectivity index (χ2n) is 6.56. The molecule has 0 aliphatic carbocycles. The molecule has 1 amide bonds. The van der Waals surface area contributed by atoms with Crippen LogP contribution < -0.4 is 14.8 Å². The highest BCUT2D eigenvalue weighted by Crippen LogP contribution is 2.30. The average molecular weight is 415 g/mol. The van der Waals surface area contributed by atoms with Crippen molar-refractivity contribution < 1.29 is 18.7 Å². The number of nitrogens with zero attached hydrogens (tertiary/aromatic N) is 2. The molecule has 0 unspecified atom stereocenters. The van der Waals surface area contributed by atoms with Crippen molar-refractivity contribution in [2.75, 3.05) is 12.4 Å². The predicted molar refractivity (Wildman–Crippen MR) is 115 cm³/mol. The molecule has 1 N–H and O–H groups in total. The van der Waals surface area contributed by atoms with Gasteiger partial charge in [0.2, 0.25) is 5.88 Å². The number of nitrogens with one attached hydrogen (secondary N) is 1. The number of halogens is 1. The largest absolute Gasteiger partial charge is 0.493 e. The summed E-state index contributed by atoms with van der Waals surface area (Å²) in [4.78, 5) is 12.5. The molecule has 154 valence electrons. The van der Waals surface area contributed by atoms with Gasteiger partial charge in [0.25, 0.3) is 5.91 Å².